The highest BCUT2D eigenvalue weighted by Crippen LogP contribution is 2.20. The van der Waals surface area contributed by atoms with Gasteiger partial charge in [0.15, 0.2) is 9.84 Å². The predicted octanol–water partition coefficient (Wildman–Crippen LogP) is 0.0174. The number of carbonyl (C=O) groups is 1. The number of nitrogens with zero attached hydrogens (tertiary/aromatic N) is 2. The van der Waals surface area contributed by atoms with E-state index in [0.29, 0.717) is 32.7 Å². The Balaban J connectivity index is 1.49. The van der Waals surface area contributed by atoms with Crippen molar-refractivity contribution >= 4 is 21.4 Å². The summed E-state index contributed by atoms with van der Waals surface area (Å²) in [6.45, 7) is 7.01. The van der Waals surface area contributed by atoms with Gasteiger partial charge >= 0.3 is 0 Å². The second-order valence-corrected chi connectivity index (χ2v) is 9.47. The van der Waals surface area contributed by atoms with Crippen LogP contribution in [0.25, 0.3) is 0 Å². The van der Waals surface area contributed by atoms with E-state index in [2.05, 4.69) is 10.2 Å². The van der Waals surface area contributed by atoms with Crippen molar-refractivity contribution in [1.82, 2.24) is 9.80 Å². The third-order valence-electron chi connectivity index (χ3n) is 5.42. The van der Waals surface area contributed by atoms with E-state index in [0.717, 1.165) is 16.8 Å². The van der Waals surface area contributed by atoms with Crippen molar-refractivity contribution in [2.24, 2.45) is 0 Å². The average molecular weight is 381 g/mol. The molecule has 0 unspecified atom stereocenters. The van der Waals surface area contributed by atoms with Gasteiger partial charge in [-0.15, -0.1) is 0 Å². The van der Waals surface area contributed by atoms with Gasteiger partial charge in [0.25, 0.3) is 0 Å². The van der Waals surface area contributed by atoms with Gasteiger partial charge < -0.3 is 10.4 Å². The SMILES string of the molecule is Cc1cccc(NC(=O)CN2CCN([C@@H]3CS(=O)(=O)C[C@@H]3O)CC2)c1C. The lowest BCUT2D eigenvalue weighted by Gasteiger charge is -2.38. The summed E-state index contributed by atoms with van der Waals surface area (Å²) in [6, 6.07) is 5.53. The molecular formula is C18H27N3O4S. The zero-order valence-electron chi connectivity index (χ0n) is 15.3. The molecule has 1 aromatic carbocycles. The zero-order valence-corrected chi connectivity index (χ0v) is 16.1. The molecule has 2 aliphatic heterocycles. The van der Waals surface area contributed by atoms with Gasteiger partial charge in [-0.1, -0.05) is 12.1 Å². The molecule has 0 radical (unpaired) electrons. The smallest absolute Gasteiger partial charge is 0.238 e. The van der Waals surface area contributed by atoms with Gasteiger partial charge in [-0.25, -0.2) is 8.42 Å². The number of rotatable bonds is 4. The molecule has 8 heteroatoms. The highest BCUT2D eigenvalue weighted by atomic mass is 32.2. The van der Waals surface area contributed by atoms with Gasteiger partial charge in [0.2, 0.25) is 5.91 Å². The fourth-order valence-electron chi connectivity index (χ4n) is 3.69. The first-order valence-electron chi connectivity index (χ1n) is 8.96. The zero-order chi connectivity index (χ0) is 18.9. The molecule has 2 fully saturated rings. The van der Waals surface area contributed by atoms with E-state index in [1.165, 1.54) is 0 Å². The number of sulfone groups is 1. The summed E-state index contributed by atoms with van der Waals surface area (Å²) >= 11 is 0. The lowest BCUT2D eigenvalue weighted by molar-refractivity contribution is -0.117. The number of piperazine rings is 1. The number of anilines is 1. The van der Waals surface area contributed by atoms with Crippen molar-refractivity contribution in [1.29, 1.82) is 0 Å². The fraction of sp³-hybridized carbons (Fsp3) is 0.611. The second-order valence-electron chi connectivity index (χ2n) is 7.32. The molecular weight excluding hydrogens is 354 g/mol. The van der Waals surface area contributed by atoms with E-state index < -0.39 is 15.9 Å². The maximum Gasteiger partial charge on any atom is 0.238 e. The summed E-state index contributed by atoms with van der Waals surface area (Å²) in [5.41, 5.74) is 3.05. The number of carbonyl (C=O) groups excluding carboxylic acids is 1. The Morgan fingerprint density at radius 3 is 2.50 bits per heavy atom. The largest absolute Gasteiger partial charge is 0.390 e. The minimum Gasteiger partial charge on any atom is -0.390 e. The average Bonchev–Trinajstić information content (AvgIpc) is 2.85. The summed E-state index contributed by atoms with van der Waals surface area (Å²) in [5, 5.41) is 13.0. The minimum absolute atomic E-state index is 0.0291. The van der Waals surface area contributed by atoms with E-state index in [9.17, 15) is 18.3 Å². The number of hydrogen-bond donors (Lipinski definition) is 2. The van der Waals surface area contributed by atoms with Crippen LogP contribution in [0.15, 0.2) is 18.2 Å². The fourth-order valence-corrected chi connectivity index (χ4v) is 5.52. The highest BCUT2D eigenvalue weighted by molar-refractivity contribution is 7.91. The number of aryl methyl sites for hydroxylation is 1. The monoisotopic (exact) mass is 381 g/mol. The molecule has 3 rings (SSSR count). The molecule has 0 bridgehead atoms. The molecule has 1 amide bonds. The van der Waals surface area contributed by atoms with Crippen LogP contribution in [0.5, 0.6) is 0 Å². The molecule has 144 valence electrons. The number of benzene rings is 1. The van der Waals surface area contributed by atoms with E-state index >= 15 is 0 Å². The Morgan fingerprint density at radius 2 is 1.88 bits per heavy atom. The van der Waals surface area contributed by atoms with E-state index in [1.807, 2.05) is 36.9 Å². The highest BCUT2D eigenvalue weighted by Gasteiger charge is 2.40. The summed E-state index contributed by atoms with van der Waals surface area (Å²) in [5.74, 6) is -0.159. The molecule has 2 saturated heterocycles. The van der Waals surface area contributed by atoms with Crippen molar-refractivity contribution in [2.75, 3.05) is 49.5 Å². The van der Waals surface area contributed by atoms with Gasteiger partial charge in [-0.3, -0.25) is 14.6 Å². The Morgan fingerprint density at radius 1 is 1.19 bits per heavy atom. The second kappa shape index (κ2) is 7.64. The summed E-state index contributed by atoms with van der Waals surface area (Å²) in [7, 11) is -3.14. The van der Waals surface area contributed by atoms with Gasteiger partial charge in [0, 0.05) is 31.9 Å². The summed E-state index contributed by atoms with van der Waals surface area (Å²) in [4.78, 5) is 16.4. The number of hydrogen-bond acceptors (Lipinski definition) is 6. The molecule has 0 aliphatic carbocycles. The van der Waals surface area contributed by atoms with Crippen LogP contribution in [0.2, 0.25) is 0 Å². The number of aliphatic hydroxyl groups is 1. The molecule has 1 aromatic rings. The first-order valence-corrected chi connectivity index (χ1v) is 10.8. The third kappa shape index (κ3) is 4.43. The quantitative estimate of drug-likeness (QED) is 0.764. The van der Waals surface area contributed by atoms with Crippen LogP contribution >= 0.6 is 0 Å². The van der Waals surface area contributed by atoms with Crippen molar-refractivity contribution in [2.45, 2.75) is 26.0 Å². The van der Waals surface area contributed by atoms with Crippen LogP contribution in [0.3, 0.4) is 0 Å². The Bertz CT molecular complexity index is 773. The van der Waals surface area contributed by atoms with Crippen LogP contribution in [0.1, 0.15) is 11.1 Å². The van der Waals surface area contributed by atoms with E-state index in [1.54, 1.807) is 0 Å². The van der Waals surface area contributed by atoms with Crippen LogP contribution in [-0.4, -0.2) is 85.6 Å². The normalized spacial score (nSPS) is 26.7. The van der Waals surface area contributed by atoms with Gasteiger partial charge in [-0.05, 0) is 31.0 Å². The molecule has 2 atom stereocenters. The first-order chi connectivity index (χ1) is 12.2. The topological polar surface area (TPSA) is 90.0 Å². The number of aliphatic hydroxyl groups excluding tert-OH is 1. The third-order valence-corrected chi connectivity index (χ3v) is 7.11. The molecule has 7 nitrogen and oxygen atoms in total. The van der Waals surface area contributed by atoms with Crippen LogP contribution in [0.4, 0.5) is 5.69 Å². The maximum atomic E-state index is 12.3. The lowest BCUT2D eigenvalue weighted by Crippen LogP contribution is -2.54. The number of nitrogens with one attached hydrogen (secondary N) is 1. The van der Waals surface area contributed by atoms with Crippen molar-refractivity contribution in [3.05, 3.63) is 29.3 Å². The standard InChI is InChI=1S/C18H27N3O4S/c1-13-4-3-5-15(14(13)2)19-18(23)10-20-6-8-21(9-7-20)16-11-26(24,25)12-17(16)22/h3-5,16-17,22H,6-12H2,1-2H3,(H,19,23)/t16-,17+/m1/s1. The molecule has 0 saturated carbocycles. The molecule has 0 aromatic heterocycles. The lowest BCUT2D eigenvalue weighted by atomic mass is 10.1. The maximum absolute atomic E-state index is 12.3. The first kappa shape index (κ1) is 19.3. The van der Waals surface area contributed by atoms with Crippen molar-refractivity contribution in [3.8, 4) is 0 Å². The predicted molar refractivity (Wildman–Crippen MR) is 101 cm³/mol. The minimum atomic E-state index is -3.14. The summed E-state index contributed by atoms with van der Waals surface area (Å²) in [6.07, 6.45) is -0.806. The number of amides is 1. The molecule has 2 heterocycles. The van der Waals surface area contributed by atoms with Gasteiger partial charge in [0.05, 0.1) is 30.2 Å². The van der Waals surface area contributed by atoms with Crippen molar-refractivity contribution in [3.63, 3.8) is 0 Å². The van der Waals surface area contributed by atoms with Crippen LogP contribution in [-0.2, 0) is 14.6 Å². The van der Waals surface area contributed by atoms with Crippen molar-refractivity contribution < 1.29 is 18.3 Å². The van der Waals surface area contributed by atoms with Gasteiger partial charge in [-0.2, -0.15) is 0 Å². The summed E-state index contributed by atoms with van der Waals surface area (Å²) < 4.78 is 23.4. The van der Waals surface area contributed by atoms with E-state index in [4.69, 9.17) is 0 Å². The molecule has 2 aliphatic rings. The van der Waals surface area contributed by atoms with Crippen LogP contribution < -0.4 is 5.32 Å². The Kier molecular flexibility index (Phi) is 5.67. The van der Waals surface area contributed by atoms with Gasteiger partial charge in [0.1, 0.15) is 0 Å². The molecule has 0 spiro atoms. The van der Waals surface area contributed by atoms with Crippen LogP contribution in [0, 0.1) is 13.8 Å². The molecule has 26 heavy (non-hydrogen) atoms. The Hall–Kier alpha value is -1.48. The molecule has 2 N–H and O–H groups in total. The Labute approximate surface area is 154 Å². The van der Waals surface area contributed by atoms with E-state index in [-0.39, 0.29) is 23.5 Å².